The Labute approximate surface area is 197 Å². The van der Waals surface area contributed by atoms with Crippen molar-refractivity contribution in [1.29, 1.82) is 0 Å². The minimum atomic E-state index is 0.687. The SMILES string of the molecule is CCCCCCCCOc1ccc(-c2ccc(OCC[C@H](C)CCC=C(C)C)cc2)cc1. The second-order valence-corrected chi connectivity index (χ2v) is 9.27. The molecule has 0 unspecified atom stereocenters. The largest absolute Gasteiger partial charge is 0.494 e. The van der Waals surface area contributed by atoms with E-state index in [-0.39, 0.29) is 0 Å². The highest BCUT2D eigenvalue weighted by atomic mass is 16.5. The zero-order valence-corrected chi connectivity index (χ0v) is 20.9. The maximum atomic E-state index is 5.96. The first-order chi connectivity index (χ1) is 15.6. The molecule has 0 fully saturated rings. The quantitative estimate of drug-likeness (QED) is 0.193. The molecule has 176 valence electrons. The molecule has 1 atom stereocenters. The Hall–Kier alpha value is -2.22. The van der Waals surface area contributed by atoms with Crippen molar-refractivity contribution in [2.45, 2.75) is 85.5 Å². The molecule has 0 radical (unpaired) electrons. The molecule has 2 nitrogen and oxygen atoms in total. The van der Waals surface area contributed by atoms with Gasteiger partial charge in [-0.05, 0) is 80.8 Å². The lowest BCUT2D eigenvalue weighted by atomic mass is 10.0. The fraction of sp³-hybridized carbons (Fsp3) is 0.533. The topological polar surface area (TPSA) is 18.5 Å². The summed E-state index contributed by atoms with van der Waals surface area (Å²) in [6, 6.07) is 16.9. The monoisotopic (exact) mass is 436 g/mol. The van der Waals surface area contributed by atoms with Crippen molar-refractivity contribution < 1.29 is 9.47 Å². The summed E-state index contributed by atoms with van der Waals surface area (Å²) in [6.45, 7) is 10.5. The molecule has 0 saturated heterocycles. The van der Waals surface area contributed by atoms with Gasteiger partial charge in [-0.1, -0.05) is 81.9 Å². The molecule has 32 heavy (non-hydrogen) atoms. The van der Waals surface area contributed by atoms with Crippen LogP contribution in [0.3, 0.4) is 0 Å². The molecule has 0 aromatic heterocycles. The van der Waals surface area contributed by atoms with E-state index in [1.54, 1.807) is 0 Å². The molecule has 0 aliphatic carbocycles. The molecular formula is C30H44O2. The average Bonchev–Trinajstić information content (AvgIpc) is 2.79. The highest BCUT2D eigenvalue weighted by Gasteiger charge is 2.04. The molecule has 0 heterocycles. The summed E-state index contributed by atoms with van der Waals surface area (Å²) in [7, 11) is 0. The number of benzene rings is 2. The first-order valence-electron chi connectivity index (χ1n) is 12.7. The third kappa shape index (κ3) is 10.9. The van der Waals surface area contributed by atoms with Crippen LogP contribution in [0.1, 0.15) is 85.5 Å². The van der Waals surface area contributed by atoms with Crippen molar-refractivity contribution in [1.82, 2.24) is 0 Å². The molecule has 2 rings (SSSR count). The predicted octanol–water partition coefficient (Wildman–Crippen LogP) is 9.24. The maximum Gasteiger partial charge on any atom is 0.119 e. The average molecular weight is 437 g/mol. The lowest BCUT2D eigenvalue weighted by Crippen LogP contribution is -2.04. The van der Waals surface area contributed by atoms with Crippen molar-refractivity contribution >= 4 is 0 Å². The third-order valence-electron chi connectivity index (χ3n) is 5.90. The Balaban J connectivity index is 1.69. The van der Waals surface area contributed by atoms with Gasteiger partial charge < -0.3 is 9.47 Å². The van der Waals surface area contributed by atoms with E-state index in [1.165, 1.54) is 61.6 Å². The van der Waals surface area contributed by atoms with E-state index < -0.39 is 0 Å². The van der Waals surface area contributed by atoms with Gasteiger partial charge in [-0.3, -0.25) is 0 Å². The Kier molecular flexibility index (Phi) is 12.7. The summed E-state index contributed by atoms with van der Waals surface area (Å²) >= 11 is 0. The fourth-order valence-corrected chi connectivity index (χ4v) is 3.74. The van der Waals surface area contributed by atoms with Crippen LogP contribution in [-0.2, 0) is 0 Å². The van der Waals surface area contributed by atoms with E-state index in [1.807, 2.05) is 0 Å². The van der Waals surface area contributed by atoms with Gasteiger partial charge >= 0.3 is 0 Å². The van der Waals surface area contributed by atoms with Crippen LogP contribution in [0.25, 0.3) is 11.1 Å². The number of hydrogen-bond donors (Lipinski definition) is 0. The zero-order chi connectivity index (χ0) is 23.0. The van der Waals surface area contributed by atoms with Crippen LogP contribution < -0.4 is 9.47 Å². The molecule has 0 saturated carbocycles. The lowest BCUT2D eigenvalue weighted by molar-refractivity contribution is 0.279. The first-order valence-corrected chi connectivity index (χ1v) is 12.7. The summed E-state index contributed by atoms with van der Waals surface area (Å²) in [5.74, 6) is 2.59. The Morgan fingerprint density at radius 2 is 1.25 bits per heavy atom. The molecule has 2 heteroatoms. The summed E-state index contributed by atoms with van der Waals surface area (Å²) in [5.41, 5.74) is 3.81. The van der Waals surface area contributed by atoms with E-state index in [0.717, 1.165) is 37.6 Å². The third-order valence-corrected chi connectivity index (χ3v) is 5.90. The Morgan fingerprint density at radius 1 is 0.719 bits per heavy atom. The molecule has 2 aromatic rings. The highest BCUT2D eigenvalue weighted by Crippen LogP contribution is 2.25. The molecule has 0 N–H and O–H groups in total. The van der Waals surface area contributed by atoms with Gasteiger partial charge in [0.05, 0.1) is 13.2 Å². The van der Waals surface area contributed by atoms with Crippen LogP contribution in [0.15, 0.2) is 60.2 Å². The van der Waals surface area contributed by atoms with E-state index in [2.05, 4.69) is 82.3 Å². The lowest BCUT2D eigenvalue weighted by Gasteiger charge is -2.12. The fourth-order valence-electron chi connectivity index (χ4n) is 3.74. The van der Waals surface area contributed by atoms with Crippen molar-refractivity contribution in [3.63, 3.8) is 0 Å². The van der Waals surface area contributed by atoms with Crippen molar-refractivity contribution in [3.05, 3.63) is 60.2 Å². The molecule has 0 aliphatic heterocycles. The smallest absolute Gasteiger partial charge is 0.119 e. The number of hydrogen-bond acceptors (Lipinski definition) is 2. The van der Waals surface area contributed by atoms with Crippen LogP contribution >= 0.6 is 0 Å². The number of rotatable bonds is 16. The summed E-state index contributed by atoms with van der Waals surface area (Å²) in [4.78, 5) is 0. The first kappa shape index (κ1) is 26.0. The van der Waals surface area contributed by atoms with Crippen molar-refractivity contribution in [3.8, 4) is 22.6 Å². The molecule has 2 aromatic carbocycles. The number of ether oxygens (including phenoxy) is 2. The van der Waals surface area contributed by atoms with Gasteiger partial charge in [0.1, 0.15) is 11.5 Å². The second kappa shape index (κ2) is 15.6. The zero-order valence-electron chi connectivity index (χ0n) is 20.9. The van der Waals surface area contributed by atoms with Gasteiger partial charge in [-0.15, -0.1) is 0 Å². The van der Waals surface area contributed by atoms with Crippen LogP contribution in [0, 0.1) is 5.92 Å². The van der Waals surface area contributed by atoms with Gasteiger partial charge in [0.2, 0.25) is 0 Å². The summed E-state index contributed by atoms with van der Waals surface area (Å²) in [6.07, 6.45) is 13.6. The minimum absolute atomic E-state index is 0.687. The van der Waals surface area contributed by atoms with Gasteiger partial charge in [-0.2, -0.15) is 0 Å². The van der Waals surface area contributed by atoms with Gasteiger partial charge in [-0.25, -0.2) is 0 Å². The van der Waals surface area contributed by atoms with Crippen molar-refractivity contribution in [2.24, 2.45) is 5.92 Å². The molecule has 0 spiro atoms. The Bertz CT molecular complexity index is 754. The van der Waals surface area contributed by atoms with Crippen LogP contribution in [-0.4, -0.2) is 13.2 Å². The normalized spacial score (nSPS) is 11.8. The van der Waals surface area contributed by atoms with Crippen LogP contribution in [0.4, 0.5) is 0 Å². The minimum Gasteiger partial charge on any atom is -0.494 e. The van der Waals surface area contributed by atoms with E-state index >= 15 is 0 Å². The predicted molar refractivity (Wildman–Crippen MR) is 139 cm³/mol. The van der Waals surface area contributed by atoms with Gasteiger partial charge in [0, 0.05) is 0 Å². The molecule has 0 amide bonds. The molecule has 0 aliphatic rings. The number of unbranched alkanes of at least 4 members (excludes halogenated alkanes) is 5. The van der Waals surface area contributed by atoms with Gasteiger partial charge in [0.25, 0.3) is 0 Å². The van der Waals surface area contributed by atoms with Crippen LogP contribution in [0.5, 0.6) is 11.5 Å². The molecule has 0 bridgehead atoms. The van der Waals surface area contributed by atoms with E-state index in [0.29, 0.717) is 5.92 Å². The summed E-state index contributed by atoms with van der Waals surface area (Å²) < 4.78 is 11.9. The van der Waals surface area contributed by atoms with Crippen molar-refractivity contribution in [2.75, 3.05) is 13.2 Å². The summed E-state index contributed by atoms with van der Waals surface area (Å²) in [5, 5.41) is 0. The van der Waals surface area contributed by atoms with E-state index in [4.69, 9.17) is 9.47 Å². The van der Waals surface area contributed by atoms with Crippen LogP contribution in [0.2, 0.25) is 0 Å². The highest BCUT2D eigenvalue weighted by molar-refractivity contribution is 5.64. The van der Waals surface area contributed by atoms with Gasteiger partial charge in [0.15, 0.2) is 0 Å². The van der Waals surface area contributed by atoms with E-state index in [9.17, 15) is 0 Å². The Morgan fingerprint density at radius 3 is 1.81 bits per heavy atom. The molecular weight excluding hydrogens is 392 g/mol. The number of allylic oxidation sites excluding steroid dienone is 2. The maximum absolute atomic E-state index is 5.96. The second-order valence-electron chi connectivity index (χ2n) is 9.27. The standard InChI is InChI=1S/C30H44O2/c1-5-6-7-8-9-10-23-31-29-18-14-27(15-19-29)28-16-20-30(21-17-28)32-24-22-26(4)13-11-12-25(2)3/h12,14-21,26H,5-11,13,22-24H2,1-4H3/t26-/m1/s1.